The predicted octanol–water partition coefficient (Wildman–Crippen LogP) is 0.428. The minimum Gasteiger partial charge on any atom is -1.00 e. The van der Waals surface area contributed by atoms with Crippen LogP contribution in [-0.4, -0.2) is 0 Å². The molecular weight excluding hydrogens is 230 g/mol. The van der Waals surface area contributed by atoms with Crippen molar-refractivity contribution in [2.75, 3.05) is 0 Å². The van der Waals surface area contributed by atoms with Crippen molar-refractivity contribution in [2.24, 2.45) is 0 Å². The number of nitrogens with one attached hydrogen (secondary N) is 1. The Kier molecular flexibility index (Phi) is 3.03. The number of hydrogen-bond acceptors (Lipinski definition) is 0. The SMILES string of the molecule is Cc1ccc2cc3ccc(C)cc3[nH+]c2c1.[Cl-]. The number of aromatic nitrogens is 1. The summed E-state index contributed by atoms with van der Waals surface area (Å²) in [7, 11) is 0. The average molecular weight is 244 g/mol. The maximum atomic E-state index is 3.49. The van der Waals surface area contributed by atoms with Crippen LogP contribution in [0.25, 0.3) is 21.8 Å². The first kappa shape index (κ1) is 11.9. The molecule has 3 aromatic rings. The number of H-pyrrole nitrogens is 1. The van der Waals surface area contributed by atoms with Crippen molar-refractivity contribution in [2.45, 2.75) is 13.8 Å². The molecule has 0 aliphatic carbocycles. The van der Waals surface area contributed by atoms with E-state index < -0.39 is 0 Å². The van der Waals surface area contributed by atoms with E-state index in [0.29, 0.717) is 0 Å². The molecule has 0 aliphatic heterocycles. The third kappa shape index (κ3) is 2.11. The van der Waals surface area contributed by atoms with Gasteiger partial charge in [0.1, 0.15) is 0 Å². The van der Waals surface area contributed by atoms with Crippen molar-refractivity contribution in [1.29, 1.82) is 0 Å². The fourth-order valence-electron chi connectivity index (χ4n) is 2.12. The summed E-state index contributed by atoms with van der Waals surface area (Å²) in [6.45, 7) is 4.24. The van der Waals surface area contributed by atoms with Crippen LogP contribution in [0, 0.1) is 13.8 Å². The van der Waals surface area contributed by atoms with E-state index in [1.807, 2.05) is 0 Å². The summed E-state index contributed by atoms with van der Waals surface area (Å²) in [5.41, 5.74) is 4.99. The Morgan fingerprint density at radius 1 is 0.706 bits per heavy atom. The van der Waals surface area contributed by atoms with Gasteiger partial charge in [0.2, 0.25) is 11.0 Å². The van der Waals surface area contributed by atoms with Crippen molar-refractivity contribution >= 4 is 21.8 Å². The van der Waals surface area contributed by atoms with Gasteiger partial charge < -0.3 is 12.4 Å². The first-order chi connectivity index (χ1) is 7.72. The van der Waals surface area contributed by atoms with Crippen LogP contribution in [0.3, 0.4) is 0 Å². The van der Waals surface area contributed by atoms with E-state index in [2.05, 4.69) is 61.3 Å². The zero-order valence-electron chi connectivity index (χ0n) is 9.92. The van der Waals surface area contributed by atoms with Crippen LogP contribution in [0.15, 0.2) is 42.5 Å². The van der Waals surface area contributed by atoms with Gasteiger partial charge in [-0.2, -0.15) is 0 Å². The Morgan fingerprint density at radius 2 is 1.18 bits per heavy atom. The van der Waals surface area contributed by atoms with Crippen LogP contribution in [0.1, 0.15) is 11.1 Å². The summed E-state index contributed by atoms with van der Waals surface area (Å²) >= 11 is 0. The summed E-state index contributed by atoms with van der Waals surface area (Å²) in [5, 5.41) is 2.53. The van der Waals surface area contributed by atoms with Crippen LogP contribution < -0.4 is 17.4 Å². The molecule has 0 saturated carbocycles. The number of halogens is 1. The molecule has 17 heavy (non-hydrogen) atoms. The molecule has 0 fully saturated rings. The lowest BCUT2D eigenvalue weighted by atomic mass is 10.1. The van der Waals surface area contributed by atoms with E-state index in [9.17, 15) is 0 Å². The second kappa shape index (κ2) is 4.34. The summed E-state index contributed by atoms with van der Waals surface area (Å²) in [5.74, 6) is 0. The van der Waals surface area contributed by atoms with Gasteiger partial charge in [0, 0.05) is 22.9 Å². The first-order valence-electron chi connectivity index (χ1n) is 5.55. The Hall–Kier alpha value is -1.60. The number of pyridine rings is 1. The third-order valence-corrected chi connectivity index (χ3v) is 3.00. The van der Waals surface area contributed by atoms with E-state index in [1.165, 1.54) is 32.9 Å². The minimum atomic E-state index is 0. The molecule has 0 saturated heterocycles. The summed E-state index contributed by atoms with van der Waals surface area (Å²) in [6.07, 6.45) is 0. The highest BCUT2D eigenvalue weighted by atomic mass is 35.5. The van der Waals surface area contributed by atoms with E-state index in [-0.39, 0.29) is 12.4 Å². The molecule has 1 N–H and O–H groups in total. The molecule has 0 bridgehead atoms. The largest absolute Gasteiger partial charge is 1.00 e. The van der Waals surface area contributed by atoms with Gasteiger partial charge in [-0.25, -0.2) is 4.98 Å². The second-order valence-electron chi connectivity index (χ2n) is 4.45. The Labute approximate surface area is 107 Å². The number of fused-ring (bicyclic) bond motifs is 2. The summed E-state index contributed by atoms with van der Waals surface area (Å²) in [4.78, 5) is 3.49. The Balaban J connectivity index is 0.00000108. The van der Waals surface area contributed by atoms with E-state index >= 15 is 0 Å². The molecular formula is C15H14ClN. The molecule has 1 heterocycles. The number of hydrogen-bond donors (Lipinski definition) is 0. The smallest absolute Gasteiger partial charge is 0.211 e. The van der Waals surface area contributed by atoms with E-state index in [1.54, 1.807) is 0 Å². The molecule has 0 aliphatic rings. The van der Waals surface area contributed by atoms with E-state index in [0.717, 1.165) is 0 Å². The van der Waals surface area contributed by atoms with Crippen LogP contribution in [0.5, 0.6) is 0 Å². The zero-order chi connectivity index (χ0) is 11.1. The first-order valence-corrected chi connectivity index (χ1v) is 5.55. The fourth-order valence-corrected chi connectivity index (χ4v) is 2.12. The number of aromatic amines is 1. The van der Waals surface area contributed by atoms with Gasteiger partial charge in [-0.1, -0.05) is 12.1 Å². The highest BCUT2D eigenvalue weighted by molar-refractivity contribution is 5.88. The quantitative estimate of drug-likeness (QED) is 0.509. The molecule has 0 unspecified atom stereocenters. The molecule has 2 aromatic carbocycles. The average Bonchev–Trinajstić information content (AvgIpc) is 2.26. The Morgan fingerprint density at radius 3 is 1.65 bits per heavy atom. The number of benzene rings is 2. The highest BCUT2D eigenvalue weighted by Crippen LogP contribution is 2.18. The summed E-state index contributed by atoms with van der Waals surface area (Å²) < 4.78 is 0. The number of aryl methyl sites for hydroxylation is 2. The molecule has 0 radical (unpaired) electrons. The topological polar surface area (TPSA) is 14.1 Å². The molecule has 2 heteroatoms. The van der Waals surface area contributed by atoms with Gasteiger partial charge in [0.25, 0.3) is 0 Å². The maximum Gasteiger partial charge on any atom is 0.211 e. The molecule has 0 spiro atoms. The molecule has 86 valence electrons. The molecule has 3 rings (SSSR count). The molecule has 1 aromatic heterocycles. The number of rotatable bonds is 0. The van der Waals surface area contributed by atoms with Crippen LogP contribution in [0.4, 0.5) is 0 Å². The second-order valence-corrected chi connectivity index (χ2v) is 4.45. The molecule has 1 nitrogen and oxygen atoms in total. The van der Waals surface area contributed by atoms with Crippen LogP contribution in [-0.2, 0) is 0 Å². The summed E-state index contributed by atoms with van der Waals surface area (Å²) in [6, 6.07) is 15.3. The van der Waals surface area contributed by atoms with Crippen molar-refractivity contribution < 1.29 is 17.4 Å². The lowest BCUT2D eigenvalue weighted by molar-refractivity contribution is -0.310. The van der Waals surface area contributed by atoms with Gasteiger partial charge in [0.15, 0.2) is 0 Å². The van der Waals surface area contributed by atoms with Gasteiger partial charge in [-0.15, -0.1) is 0 Å². The van der Waals surface area contributed by atoms with Crippen molar-refractivity contribution in [1.82, 2.24) is 0 Å². The minimum absolute atomic E-state index is 0. The van der Waals surface area contributed by atoms with Crippen molar-refractivity contribution in [3.05, 3.63) is 53.6 Å². The zero-order valence-corrected chi connectivity index (χ0v) is 10.7. The monoisotopic (exact) mass is 243 g/mol. The third-order valence-electron chi connectivity index (χ3n) is 3.00. The van der Waals surface area contributed by atoms with Crippen molar-refractivity contribution in [3.63, 3.8) is 0 Å². The maximum absolute atomic E-state index is 3.49. The predicted molar refractivity (Wildman–Crippen MR) is 67.5 cm³/mol. The van der Waals surface area contributed by atoms with Gasteiger partial charge >= 0.3 is 0 Å². The van der Waals surface area contributed by atoms with Crippen LogP contribution >= 0.6 is 0 Å². The molecule has 0 amide bonds. The standard InChI is InChI=1S/C15H13N.ClH/c1-10-3-5-12-9-13-6-4-11(2)8-15(13)16-14(12)7-10;/h3-9H,1-2H3;1H. The lowest BCUT2D eigenvalue weighted by Crippen LogP contribution is -3.00. The van der Waals surface area contributed by atoms with E-state index in [4.69, 9.17) is 0 Å². The van der Waals surface area contributed by atoms with Gasteiger partial charge in [0.05, 0.1) is 0 Å². The highest BCUT2D eigenvalue weighted by Gasteiger charge is 2.05. The van der Waals surface area contributed by atoms with Crippen molar-refractivity contribution in [3.8, 4) is 0 Å². The molecule has 0 atom stereocenters. The van der Waals surface area contributed by atoms with Gasteiger partial charge in [-0.05, 0) is 43.2 Å². The Bertz CT molecular complexity index is 632. The normalized spacial score (nSPS) is 10.5. The van der Waals surface area contributed by atoms with Crippen LogP contribution in [0.2, 0.25) is 0 Å². The lowest BCUT2D eigenvalue weighted by Gasteiger charge is -1.98. The fraction of sp³-hybridized carbons (Fsp3) is 0.133. The van der Waals surface area contributed by atoms with Gasteiger partial charge in [-0.3, -0.25) is 0 Å².